The lowest BCUT2D eigenvalue weighted by Gasteiger charge is -2.14. The molecule has 106 valence electrons. The van der Waals surface area contributed by atoms with Crippen LogP contribution in [0, 0.1) is 11.3 Å². The zero-order valence-electron chi connectivity index (χ0n) is 10.9. The first-order chi connectivity index (χ1) is 9.47. The molecule has 0 spiro atoms. The molecule has 1 atom stereocenters. The van der Waals surface area contributed by atoms with Gasteiger partial charge >= 0.3 is 5.97 Å². The highest BCUT2D eigenvalue weighted by molar-refractivity contribution is 5.88. The first-order valence-electron chi connectivity index (χ1n) is 5.57. The summed E-state index contributed by atoms with van der Waals surface area (Å²) in [6.45, 7) is 3.31. The van der Waals surface area contributed by atoms with Crippen molar-refractivity contribution in [3.8, 4) is 6.07 Å². The Kier molecular flexibility index (Phi) is 5.43. The Hall–Kier alpha value is -2.66. The van der Waals surface area contributed by atoms with Crippen LogP contribution in [0.2, 0.25) is 0 Å². The van der Waals surface area contributed by atoms with Crippen LogP contribution in [0.25, 0.3) is 0 Å². The average molecular weight is 278 g/mol. The van der Waals surface area contributed by atoms with Crippen LogP contribution in [0.3, 0.4) is 0 Å². The highest BCUT2D eigenvalue weighted by atomic mass is 16.5. The summed E-state index contributed by atoms with van der Waals surface area (Å²) in [6, 6.07) is 1.91. The number of nitrogens with zero attached hydrogens (tertiary/aromatic N) is 3. The first-order valence-corrected chi connectivity index (χ1v) is 5.57. The molecule has 1 rings (SSSR count). The second-order valence-corrected chi connectivity index (χ2v) is 3.86. The van der Waals surface area contributed by atoms with Crippen molar-refractivity contribution in [1.29, 1.82) is 5.26 Å². The predicted molar refractivity (Wildman–Crippen MR) is 67.0 cm³/mol. The van der Waals surface area contributed by atoms with Crippen molar-refractivity contribution in [2.45, 2.75) is 12.6 Å². The molecule has 1 aromatic heterocycles. The van der Waals surface area contributed by atoms with E-state index in [1.54, 1.807) is 0 Å². The lowest BCUT2D eigenvalue weighted by atomic mass is 10.3. The predicted octanol–water partition coefficient (Wildman–Crippen LogP) is -0.646. The van der Waals surface area contributed by atoms with Crippen molar-refractivity contribution in [1.82, 2.24) is 9.78 Å². The van der Waals surface area contributed by atoms with Crippen LogP contribution in [-0.4, -0.2) is 41.5 Å². The number of carbonyl (C=O) groups excluding carboxylic acids is 2. The lowest BCUT2D eigenvalue weighted by Crippen LogP contribution is -2.36. The Morgan fingerprint density at radius 1 is 1.65 bits per heavy atom. The van der Waals surface area contributed by atoms with E-state index in [1.807, 2.05) is 6.07 Å². The second-order valence-electron chi connectivity index (χ2n) is 3.86. The number of nitriles is 1. The molecule has 1 heterocycles. The molecule has 2 N–H and O–H groups in total. The fraction of sp³-hybridized carbons (Fsp3) is 0.333. The van der Waals surface area contributed by atoms with Gasteiger partial charge in [-0.2, -0.15) is 10.4 Å². The molecule has 0 fully saturated rings. The van der Waals surface area contributed by atoms with Crippen LogP contribution in [0.1, 0.15) is 5.56 Å². The van der Waals surface area contributed by atoms with Gasteiger partial charge in [-0.3, -0.25) is 9.48 Å². The zero-order chi connectivity index (χ0) is 15.1. The van der Waals surface area contributed by atoms with Crippen LogP contribution >= 0.6 is 0 Å². The van der Waals surface area contributed by atoms with E-state index in [4.69, 9.17) is 15.7 Å². The number of primary amides is 1. The van der Waals surface area contributed by atoms with Crippen LogP contribution in [0.15, 0.2) is 24.5 Å². The van der Waals surface area contributed by atoms with Crippen molar-refractivity contribution in [2.75, 3.05) is 13.7 Å². The van der Waals surface area contributed by atoms with Gasteiger partial charge in [-0.25, -0.2) is 4.79 Å². The molecule has 1 amide bonds. The van der Waals surface area contributed by atoms with Crippen molar-refractivity contribution in [2.24, 2.45) is 5.73 Å². The maximum Gasteiger partial charge on any atom is 0.335 e. The fourth-order valence-electron chi connectivity index (χ4n) is 1.32. The van der Waals surface area contributed by atoms with Crippen LogP contribution in [0.4, 0.5) is 0 Å². The van der Waals surface area contributed by atoms with Crippen molar-refractivity contribution in [3.63, 3.8) is 0 Å². The number of ether oxygens (including phenoxy) is 2. The number of esters is 1. The summed E-state index contributed by atoms with van der Waals surface area (Å²) >= 11 is 0. The van der Waals surface area contributed by atoms with Crippen molar-refractivity contribution < 1.29 is 19.1 Å². The number of aromatic nitrogens is 2. The van der Waals surface area contributed by atoms with Crippen LogP contribution in [-0.2, 0) is 25.6 Å². The standard InChI is InChI=1S/C12H14N4O4/c1-8(12(18)19-2)7-20-10(11(14)17)6-16-5-9(3-13)4-15-16/h4-5,10H,1,6-7H2,2H3,(H2,14,17). The molecule has 0 bridgehead atoms. The Morgan fingerprint density at radius 2 is 2.35 bits per heavy atom. The summed E-state index contributed by atoms with van der Waals surface area (Å²) in [7, 11) is 1.21. The van der Waals surface area contributed by atoms with Gasteiger partial charge in [0.2, 0.25) is 5.91 Å². The Bertz CT molecular complexity index is 558. The minimum absolute atomic E-state index is 0.0332. The van der Waals surface area contributed by atoms with Gasteiger partial charge in [0, 0.05) is 6.20 Å². The molecular weight excluding hydrogens is 264 g/mol. The summed E-state index contributed by atoms with van der Waals surface area (Å²) in [5, 5.41) is 12.5. The van der Waals surface area contributed by atoms with Gasteiger partial charge in [-0.15, -0.1) is 0 Å². The van der Waals surface area contributed by atoms with Gasteiger partial charge in [0.25, 0.3) is 0 Å². The van der Waals surface area contributed by atoms with Crippen molar-refractivity contribution in [3.05, 3.63) is 30.1 Å². The number of methoxy groups -OCH3 is 1. The van der Waals surface area contributed by atoms with Crippen LogP contribution in [0.5, 0.6) is 0 Å². The molecule has 0 saturated carbocycles. The molecular formula is C12H14N4O4. The number of rotatable bonds is 7. The van der Waals surface area contributed by atoms with E-state index < -0.39 is 18.0 Å². The number of amides is 1. The van der Waals surface area contributed by atoms with Gasteiger partial charge in [0.05, 0.1) is 37.6 Å². The third-order valence-electron chi connectivity index (χ3n) is 2.37. The largest absolute Gasteiger partial charge is 0.466 e. The summed E-state index contributed by atoms with van der Waals surface area (Å²) in [4.78, 5) is 22.4. The molecule has 0 aliphatic heterocycles. The molecule has 20 heavy (non-hydrogen) atoms. The Morgan fingerprint density at radius 3 is 2.85 bits per heavy atom. The van der Waals surface area contributed by atoms with Crippen molar-refractivity contribution >= 4 is 11.9 Å². The molecule has 1 aromatic rings. The van der Waals surface area contributed by atoms with E-state index in [0.717, 1.165) is 0 Å². The molecule has 0 aromatic carbocycles. The number of hydrogen-bond donors (Lipinski definition) is 1. The van der Waals surface area contributed by atoms with Gasteiger partial charge in [-0.05, 0) is 0 Å². The van der Waals surface area contributed by atoms with E-state index in [2.05, 4.69) is 16.4 Å². The van der Waals surface area contributed by atoms with Crippen LogP contribution < -0.4 is 5.73 Å². The fourth-order valence-corrected chi connectivity index (χ4v) is 1.32. The maximum absolute atomic E-state index is 11.3. The van der Waals surface area contributed by atoms with Gasteiger partial charge in [0.1, 0.15) is 6.07 Å². The highest BCUT2D eigenvalue weighted by Crippen LogP contribution is 2.03. The Balaban J connectivity index is 2.61. The number of hydrogen-bond acceptors (Lipinski definition) is 6. The topological polar surface area (TPSA) is 120 Å². The summed E-state index contributed by atoms with van der Waals surface area (Å²) in [5.41, 5.74) is 5.62. The smallest absolute Gasteiger partial charge is 0.335 e. The monoisotopic (exact) mass is 278 g/mol. The maximum atomic E-state index is 11.3. The minimum Gasteiger partial charge on any atom is -0.466 e. The number of nitrogens with two attached hydrogens (primary N) is 1. The second kappa shape index (κ2) is 7.06. The normalized spacial score (nSPS) is 11.4. The zero-order valence-corrected chi connectivity index (χ0v) is 10.9. The van der Waals surface area contributed by atoms with Gasteiger partial charge in [0.15, 0.2) is 6.10 Å². The molecule has 8 heteroatoms. The Labute approximate surface area is 115 Å². The third-order valence-corrected chi connectivity index (χ3v) is 2.37. The molecule has 0 saturated heterocycles. The quantitative estimate of drug-likeness (QED) is 0.523. The highest BCUT2D eigenvalue weighted by Gasteiger charge is 2.19. The molecule has 8 nitrogen and oxygen atoms in total. The average Bonchev–Trinajstić information content (AvgIpc) is 2.89. The van der Waals surface area contributed by atoms with Gasteiger partial charge in [-0.1, -0.05) is 6.58 Å². The first kappa shape index (κ1) is 15.4. The number of carbonyl (C=O) groups is 2. The molecule has 0 aliphatic rings. The minimum atomic E-state index is -0.997. The van der Waals surface area contributed by atoms with E-state index >= 15 is 0 Å². The summed E-state index contributed by atoms with van der Waals surface area (Å²) in [6.07, 6.45) is 1.81. The summed E-state index contributed by atoms with van der Waals surface area (Å²) < 4.78 is 11.0. The molecule has 1 unspecified atom stereocenters. The van der Waals surface area contributed by atoms with Gasteiger partial charge < -0.3 is 15.2 Å². The molecule has 0 radical (unpaired) electrons. The summed E-state index contributed by atoms with van der Waals surface area (Å²) in [5.74, 6) is -1.34. The van der Waals surface area contributed by atoms with E-state index in [1.165, 1.54) is 24.2 Å². The van der Waals surface area contributed by atoms with E-state index in [0.29, 0.717) is 5.56 Å². The SMILES string of the molecule is C=C(COC(Cn1cc(C#N)cn1)C(N)=O)C(=O)OC. The lowest BCUT2D eigenvalue weighted by molar-refractivity contribution is -0.138. The third kappa shape index (κ3) is 4.22. The van der Waals surface area contributed by atoms with E-state index in [-0.39, 0.29) is 18.7 Å². The molecule has 0 aliphatic carbocycles. The van der Waals surface area contributed by atoms with E-state index in [9.17, 15) is 9.59 Å².